The number of fused-ring (bicyclic) bond motifs is 1. The molecule has 1 aromatic carbocycles. The fourth-order valence-corrected chi connectivity index (χ4v) is 3.05. The van der Waals surface area contributed by atoms with Gasteiger partial charge in [-0.25, -0.2) is 4.79 Å². The van der Waals surface area contributed by atoms with Crippen molar-refractivity contribution in [1.29, 1.82) is 0 Å². The molecule has 0 atom stereocenters. The van der Waals surface area contributed by atoms with Crippen molar-refractivity contribution in [3.8, 4) is 0 Å². The molecule has 4 amide bonds. The molecule has 3 N–H and O–H groups in total. The predicted octanol–water partition coefficient (Wildman–Crippen LogP) is 2.27. The van der Waals surface area contributed by atoms with Crippen LogP contribution in [-0.4, -0.2) is 24.4 Å². The highest BCUT2D eigenvalue weighted by Crippen LogP contribution is 2.23. The van der Waals surface area contributed by atoms with Crippen molar-refractivity contribution in [3.05, 3.63) is 29.3 Å². The lowest BCUT2D eigenvalue weighted by Gasteiger charge is -2.21. The summed E-state index contributed by atoms with van der Waals surface area (Å²) in [7, 11) is 0. The Bertz CT molecular complexity index is 621. The highest BCUT2D eigenvalue weighted by Gasteiger charge is 2.26. The maximum Gasteiger partial charge on any atom is 0.319 e. The first-order chi connectivity index (χ1) is 10.6. The molecule has 1 fully saturated rings. The second-order valence-electron chi connectivity index (χ2n) is 5.88. The Hall–Kier alpha value is -2.37. The van der Waals surface area contributed by atoms with Gasteiger partial charge in [-0.3, -0.25) is 14.9 Å². The summed E-state index contributed by atoms with van der Waals surface area (Å²) in [6, 6.07) is 4.41. The van der Waals surface area contributed by atoms with Crippen LogP contribution in [0.5, 0.6) is 0 Å². The average Bonchev–Trinajstić information content (AvgIpc) is 2.81. The van der Waals surface area contributed by atoms with Crippen LogP contribution in [-0.2, 0) is 0 Å². The van der Waals surface area contributed by atoms with Crippen molar-refractivity contribution >= 4 is 23.5 Å². The highest BCUT2D eigenvalue weighted by molar-refractivity contribution is 6.21. The molecular weight excluding hydrogens is 282 g/mol. The number of urea groups is 1. The van der Waals surface area contributed by atoms with Crippen LogP contribution in [0.1, 0.15) is 52.8 Å². The van der Waals surface area contributed by atoms with E-state index < -0.39 is 11.8 Å². The number of carbonyl (C=O) groups excluding carboxylic acids is 3. The van der Waals surface area contributed by atoms with Gasteiger partial charge in [-0.2, -0.15) is 0 Å². The summed E-state index contributed by atoms with van der Waals surface area (Å²) in [6.07, 6.45) is 6.10. The smallest absolute Gasteiger partial charge is 0.319 e. The molecule has 1 saturated carbocycles. The van der Waals surface area contributed by atoms with Crippen LogP contribution in [0.2, 0.25) is 0 Å². The van der Waals surface area contributed by atoms with Crippen molar-refractivity contribution in [2.75, 3.05) is 11.9 Å². The molecule has 0 radical (unpaired) electrons. The van der Waals surface area contributed by atoms with Crippen LogP contribution >= 0.6 is 0 Å². The first-order valence-corrected chi connectivity index (χ1v) is 7.68. The summed E-state index contributed by atoms with van der Waals surface area (Å²) >= 11 is 0. The molecule has 116 valence electrons. The van der Waals surface area contributed by atoms with Gasteiger partial charge >= 0.3 is 6.03 Å². The van der Waals surface area contributed by atoms with E-state index in [1.165, 1.54) is 38.2 Å². The fraction of sp³-hybridized carbons (Fsp3) is 0.438. The van der Waals surface area contributed by atoms with Crippen molar-refractivity contribution in [2.45, 2.75) is 32.1 Å². The number of imide groups is 1. The summed E-state index contributed by atoms with van der Waals surface area (Å²) in [4.78, 5) is 35.0. The number of hydrogen-bond donors (Lipinski definition) is 3. The number of anilines is 1. The van der Waals surface area contributed by atoms with Crippen molar-refractivity contribution < 1.29 is 14.4 Å². The standard InChI is InChI=1S/C16H19N3O3/c20-14-12-7-6-11(8-13(12)15(21)19-14)18-16(22)17-9-10-4-2-1-3-5-10/h6-8,10H,1-5,9H2,(H2,17,18,22)(H,19,20,21). The van der Waals surface area contributed by atoms with Gasteiger partial charge in [-0.05, 0) is 37.0 Å². The lowest BCUT2D eigenvalue weighted by Crippen LogP contribution is -2.33. The maximum atomic E-state index is 11.9. The fourth-order valence-electron chi connectivity index (χ4n) is 3.05. The van der Waals surface area contributed by atoms with Gasteiger partial charge in [0, 0.05) is 12.2 Å². The minimum Gasteiger partial charge on any atom is -0.338 e. The Morgan fingerprint density at radius 2 is 1.82 bits per heavy atom. The molecule has 6 heteroatoms. The molecule has 1 aliphatic heterocycles. The summed E-state index contributed by atoms with van der Waals surface area (Å²) in [5.41, 5.74) is 1.15. The maximum absolute atomic E-state index is 11.9. The third-order valence-corrected chi connectivity index (χ3v) is 4.27. The highest BCUT2D eigenvalue weighted by atomic mass is 16.2. The molecule has 0 saturated heterocycles. The molecule has 22 heavy (non-hydrogen) atoms. The number of benzene rings is 1. The van der Waals surface area contributed by atoms with Crippen LogP contribution in [0.4, 0.5) is 10.5 Å². The van der Waals surface area contributed by atoms with E-state index in [-0.39, 0.29) is 6.03 Å². The molecule has 0 spiro atoms. The van der Waals surface area contributed by atoms with E-state index in [0.717, 1.165) is 0 Å². The van der Waals surface area contributed by atoms with E-state index in [2.05, 4.69) is 16.0 Å². The van der Waals surface area contributed by atoms with Crippen LogP contribution in [0.25, 0.3) is 0 Å². The largest absolute Gasteiger partial charge is 0.338 e. The first kappa shape index (κ1) is 14.6. The Labute approximate surface area is 128 Å². The van der Waals surface area contributed by atoms with Gasteiger partial charge in [0.25, 0.3) is 11.8 Å². The molecule has 1 heterocycles. The number of amides is 4. The molecule has 1 aliphatic carbocycles. The molecule has 1 aromatic rings. The minimum atomic E-state index is -0.425. The summed E-state index contributed by atoms with van der Waals surface area (Å²) in [5, 5.41) is 7.80. The van der Waals surface area contributed by atoms with Crippen LogP contribution in [0.15, 0.2) is 18.2 Å². The zero-order valence-corrected chi connectivity index (χ0v) is 12.3. The lowest BCUT2D eigenvalue weighted by molar-refractivity contribution is 0.0879. The number of nitrogens with one attached hydrogen (secondary N) is 3. The van der Waals surface area contributed by atoms with Gasteiger partial charge in [0.15, 0.2) is 0 Å². The Morgan fingerprint density at radius 3 is 2.59 bits per heavy atom. The van der Waals surface area contributed by atoms with E-state index in [9.17, 15) is 14.4 Å². The van der Waals surface area contributed by atoms with Gasteiger partial charge in [-0.1, -0.05) is 19.3 Å². The van der Waals surface area contributed by atoms with Crippen LogP contribution in [0.3, 0.4) is 0 Å². The van der Waals surface area contributed by atoms with E-state index in [4.69, 9.17) is 0 Å². The number of carbonyl (C=O) groups is 3. The third kappa shape index (κ3) is 3.10. The Kier molecular flexibility index (Phi) is 4.09. The summed E-state index contributed by atoms with van der Waals surface area (Å²) in [6.45, 7) is 0.676. The molecule has 2 aliphatic rings. The van der Waals surface area contributed by atoms with Gasteiger partial charge in [0.2, 0.25) is 0 Å². The van der Waals surface area contributed by atoms with Gasteiger partial charge in [0.1, 0.15) is 0 Å². The van der Waals surface area contributed by atoms with E-state index in [1.807, 2.05) is 0 Å². The second-order valence-corrected chi connectivity index (χ2v) is 5.88. The predicted molar refractivity (Wildman–Crippen MR) is 81.8 cm³/mol. The SMILES string of the molecule is O=C(NCC1CCCCC1)Nc1ccc2c(c1)C(=O)NC2=O. The quantitative estimate of drug-likeness (QED) is 0.748. The Balaban J connectivity index is 1.56. The Morgan fingerprint density at radius 1 is 1.09 bits per heavy atom. The number of rotatable bonds is 3. The van der Waals surface area contributed by atoms with Gasteiger partial charge < -0.3 is 10.6 Å². The van der Waals surface area contributed by atoms with Crippen molar-refractivity contribution in [2.24, 2.45) is 5.92 Å². The lowest BCUT2D eigenvalue weighted by atomic mass is 9.89. The first-order valence-electron chi connectivity index (χ1n) is 7.68. The monoisotopic (exact) mass is 301 g/mol. The summed E-state index contributed by atoms with van der Waals surface area (Å²) in [5.74, 6) is -0.262. The van der Waals surface area contributed by atoms with Crippen molar-refractivity contribution in [3.63, 3.8) is 0 Å². The zero-order chi connectivity index (χ0) is 15.5. The molecule has 0 unspecified atom stereocenters. The van der Waals surface area contributed by atoms with E-state index >= 15 is 0 Å². The van der Waals surface area contributed by atoms with E-state index in [1.54, 1.807) is 12.1 Å². The molecule has 6 nitrogen and oxygen atoms in total. The molecular formula is C16H19N3O3. The third-order valence-electron chi connectivity index (χ3n) is 4.27. The topological polar surface area (TPSA) is 87.3 Å². The minimum absolute atomic E-state index is 0.282. The van der Waals surface area contributed by atoms with E-state index in [0.29, 0.717) is 29.3 Å². The average molecular weight is 301 g/mol. The van der Waals surface area contributed by atoms with Crippen LogP contribution in [0, 0.1) is 5.92 Å². The summed E-state index contributed by atoms with van der Waals surface area (Å²) < 4.78 is 0. The molecule has 3 rings (SSSR count). The van der Waals surface area contributed by atoms with Crippen molar-refractivity contribution in [1.82, 2.24) is 10.6 Å². The molecule has 0 aromatic heterocycles. The molecule has 0 bridgehead atoms. The normalized spacial score (nSPS) is 17.8. The number of hydrogen-bond acceptors (Lipinski definition) is 3. The second kappa shape index (κ2) is 6.17. The van der Waals surface area contributed by atoms with Crippen LogP contribution < -0.4 is 16.0 Å². The van der Waals surface area contributed by atoms with Gasteiger partial charge in [0.05, 0.1) is 11.1 Å². The van der Waals surface area contributed by atoms with Gasteiger partial charge in [-0.15, -0.1) is 0 Å². The zero-order valence-electron chi connectivity index (χ0n) is 12.3.